The molecule has 94 valence electrons. The zero-order valence-corrected chi connectivity index (χ0v) is 10.6. The van der Waals surface area contributed by atoms with E-state index in [1.165, 1.54) is 11.4 Å². The van der Waals surface area contributed by atoms with Crippen LogP contribution in [0.3, 0.4) is 0 Å². The molecule has 0 spiro atoms. The van der Waals surface area contributed by atoms with Gasteiger partial charge in [-0.2, -0.15) is 0 Å². The third-order valence-electron chi connectivity index (χ3n) is 2.09. The lowest BCUT2D eigenvalue weighted by Gasteiger charge is -2.05. The van der Waals surface area contributed by atoms with Crippen molar-refractivity contribution in [2.75, 3.05) is 4.72 Å². The standard InChI is InChI=1S/C10H8N2O4S2/c13-12(14)10-9(6-7-17-10)18(15,16)11-8-4-2-1-3-5-8/h1-7,11H. The Morgan fingerprint density at radius 3 is 2.44 bits per heavy atom. The molecule has 0 unspecified atom stereocenters. The van der Waals surface area contributed by atoms with Crippen LogP contribution in [0.25, 0.3) is 0 Å². The van der Waals surface area contributed by atoms with E-state index in [9.17, 15) is 18.5 Å². The molecule has 2 rings (SSSR count). The highest BCUT2D eigenvalue weighted by Crippen LogP contribution is 2.30. The maximum Gasteiger partial charge on any atom is 0.344 e. The van der Waals surface area contributed by atoms with Crippen molar-refractivity contribution in [3.05, 3.63) is 51.9 Å². The summed E-state index contributed by atoms with van der Waals surface area (Å²) in [7, 11) is -3.93. The summed E-state index contributed by atoms with van der Waals surface area (Å²) in [5.41, 5.74) is 0.359. The fourth-order valence-electron chi connectivity index (χ4n) is 1.34. The summed E-state index contributed by atoms with van der Waals surface area (Å²) in [5.74, 6) is 0. The first-order valence-corrected chi connectivity index (χ1v) is 7.17. The molecule has 0 radical (unpaired) electrons. The van der Waals surface area contributed by atoms with E-state index in [4.69, 9.17) is 0 Å². The van der Waals surface area contributed by atoms with E-state index in [1.807, 2.05) is 0 Å². The van der Waals surface area contributed by atoms with E-state index in [0.717, 1.165) is 11.3 Å². The summed E-state index contributed by atoms with van der Waals surface area (Å²) < 4.78 is 26.2. The fourth-order valence-corrected chi connectivity index (χ4v) is 3.61. The molecule has 2 aromatic rings. The van der Waals surface area contributed by atoms with E-state index >= 15 is 0 Å². The van der Waals surface area contributed by atoms with Crippen molar-refractivity contribution in [1.29, 1.82) is 0 Å². The van der Waals surface area contributed by atoms with Gasteiger partial charge in [0.25, 0.3) is 10.0 Å². The highest BCUT2D eigenvalue weighted by atomic mass is 32.2. The SMILES string of the molecule is O=[N+]([O-])c1sccc1S(=O)(=O)Nc1ccccc1. The normalized spacial score (nSPS) is 11.1. The number of anilines is 1. The van der Waals surface area contributed by atoms with Crippen molar-refractivity contribution < 1.29 is 13.3 Å². The van der Waals surface area contributed by atoms with Crippen LogP contribution in [-0.4, -0.2) is 13.3 Å². The van der Waals surface area contributed by atoms with Gasteiger partial charge in [0.1, 0.15) is 0 Å². The smallest absolute Gasteiger partial charge is 0.279 e. The summed E-state index contributed by atoms with van der Waals surface area (Å²) in [4.78, 5) is 9.68. The van der Waals surface area contributed by atoms with Crippen LogP contribution >= 0.6 is 11.3 Å². The van der Waals surface area contributed by atoms with Gasteiger partial charge in [0.2, 0.25) is 0 Å². The highest BCUT2D eigenvalue weighted by molar-refractivity contribution is 7.93. The molecule has 0 aliphatic carbocycles. The number of nitrogens with one attached hydrogen (secondary N) is 1. The molecule has 0 amide bonds. The molecule has 8 heteroatoms. The van der Waals surface area contributed by atoms with Crippen molar-refractivity contribution in [3.63, 3.8) is 0 Å². The quantitative estimate of drug-likeness (QED) is 0.689. The van der Waals surface area contributed by atoms with Crippen molar-refractivity contribution in [1.82, 2.24) is 0 Å². The number of nitro groups is 1. The number of sulfonamides is 1. The number of thiophene rings is 1. The Kier molecular flexibility index (Phi) is 3.30. The first-order valence-electron chi connectivity index (χ1n) is 4.80. The number of para-hydroxylation sites is 1. The molecule has 1 aromatic carbocycles. The maximum absolute atomic E-state index is 12.0. The molecule has 18 heavy (non-hydrogen) atoms. The van der Waals surface area contributed by atoms with Gasteiger partial charge < -0.3 is 0 Å². The third kappa shape index (κ3) is 2.49. The Morgan fingerprint density at radius 2 is 1.83 bits per heavy atom. The molecule has 0 fully saturated rings. The van der Waals surface area contributed by atoms with Crippen LogP contribution in [0.1, 0.15) is 0 Å². The average Bonchev–Trinajstić information content (AvgIpc) is 2.79. The molecule has 0 aliphatic heterocycles. The summed E-state index contributed by atoms with van der Waals surface area (Å²) in [6.45, 7) is 0. The lowest BCUT2D eigenvalue weighted by atomic mass is 10.3. The van der Waals surface area contributed by atoms with Gasteiger partial charge in [-0.25, -0.2) is 8.42 Å². The fraction of sp³-hybridized carbons (Fsp3) is 0. The van der Waals surface area contributed by atoms with Gasteiger partial charge in [0, 0.05) is 5.69 Å². The second kappa shape index (κ2) is 4.75. The van der Waals surface area contributed by atoms with Crippen LogP contribution in [0.5, 0.6) is 0 Å². The molecular formula is C10H8N2O4S2. The molecular weight excluding hydrogens is 276 g/mol. The minimum Gasteiger partial charge on any atom is -0.279 e. The zero-order valence-electron chi connectivity index (χ0n) is 8.94. The molecule has 0 saturated heterocycles. The maximum atomic E-state index is 12.0. The van der Waals surface area contributed by atoms with Crippen molar-refractivity contribution in [3.8, 4) is 0 Å². The minimum absolute atomic E-state index is 0.318. The molecule has 1 heterocycles. The van der Waals surface area contributed by atoms with Crippen LogP contribution in [0.15, 0.2) is 46.7 Å². The lowest BCUT2D eigenvalue weighted by Crippen LogP contribution is -2.13. The Balaban J connectivity index is 2.37. The van der Waals surface area contributed by atoms with Gasteiger partial charge in [0.15, 0.2) is 4.90 Å². The highest BCUT2D eigenvalue weighted by Gasteiger charge is 2.27. The molecule has 1 N–H and O–H groups in total. The first-order chi connectivity index (χ1) is 8.50. The van der Waals surface area contributed by atoms with Crippen LogP contribution in [0, 0.1) is 10.1 Å². The molecule has 0 bridgehead atoms. The van der Waals surface area contributed by atoms with Crippen molar-refractivity contribution in [2.45, 2.75) is 4.90 Å². The van der Waals surface area contributed by atoms with Gasteiger partial charge in [-0.15, -0.1) is 0 Å². The molecule has 1 aromatic heterocycles. The van der Waals surface area contributed by atoms with Gasteiger partial charge in [-0.3, -0.25) is 14.8 Å². The van der Waals surface area contributed by atoms with Gasteiger partial charge in [0.05, 0.1) is 4.92 Å². The largest absolute Gasteiger partial charge is 0.344 e. The van der Waals surface area contributed by atoms with Crippen LogP contribution < -0.4 is 4.72 Å². The molecule has 0 saturated carbocycles. The number of benzene rings is 1. The summed E-state index contributed by atoms with van der Waals surface area (Å²) in [5, 5.41) is 11.7. The van der Waals surface area contributed by atoms with Crippen LogP contribution in [0.4, 0.5) is 10.7 Å². The number of rotatable bonds is 4. The monoisotopic (exact) mass is 284 g/mol. The zero-order chi connectivity index (χ0) is 13.2. The van der Waals surface area contributed by atoms with Crippen LogP contribution in [-0.2, 0) is 10.0 Å². The summed E-state index contributed by atoms with van der Waals surface area (Å²) in [6, 6.07) is 9.42. The molecule has 0 atom stereocenters. The summed E-state index contributed by atoms with van der Waals surface area (Å²) >= 11 is 0.777. The third-order valence-corrected chi connectivity index (χ3v) is 4.50. The van der Waals surface area contributed by atoms with Crippen molar-refractivity contribution in [2.24, 2.45) is 0 Å². The Labute approximate surface area is 107 Å². The van der Waals surface area contributed by atoms with Crippen LogP contribution in [0.2, 0.25) is 0 Å². The van der Waals surface area contributed by atoms with Gasteiger partial charge in [-0.1, -0.05) is 29.5 Å². The van der Waals surface area contributed by atoms with E-state index in [1.54, 1.807) is 30.3 Å². The second-order valence-corrected chi connectivity index (χ2v) is 5.86. The predicted molar refractivity (Wildman–Crippen MR) is 68.2 cm³/mol. The Hall–Kier alpha value is -1.93. The van der Waals surface area contributed by atoms with Gasteiger partial charge >= 0.3 is 5.00 Å². The van der Waals surface area contributed by atoms with E-state index in [-0.39, 0.29) is 4.90 Å². The predicted octanol–water partition coefficient (Wildman–Crippen LogP) is 2.46. The van der Waals surface area contributed by atoms with Gasteiger partial charge in [-0.05, 0) is 23.6 Å². The minimum atomic E-state index is -3.93. The second-order valence-electron chi connectivity index (χ2n) is 3.32. The Bertz CT molecular complexity index is 664. The van der Waals surface area contributed by atoms with E-state index in [0.29, 0.717) is 5.69 Å². The first kappa shape index (κ1) is 12.5. The van der Waals surface area contributed by atoms with E-state index in [2.05, 4.69) is 4.72 Å². The molecule has 0 aliphatic rings. The van der Waals surface area contributed by atoms with Crippen molar-refractivity contribution >= 4 is 32.0 Å². The molecule has 6 nitrogen and oxygen atoms in total. The number of hydrogen-bond donors (Lipinski definition) is 1. The topological polar surface area (TPSA) is 89.3 Å². The average molecular weight is 284 g/mol. The lowest BCUT2D eigenvalue weighted by molar-refractivity contribution is -0.383. The Morgan fingerprint density at radius 1 is 1.17 bits per heavy atom. The summed E-state index contributed by atoms with van der Waals surface area (Å²) in [6.07, 6.45) is 0. The van der Waals surface area contributed by atoms with E-state index < -0.39 is 19.9 Å². The number of hydrogen-bond acceptors (Lipinski definition) is 5. The number of nitrogens with zero attached hydrogens (tertiary/aromatic N) is 1.